The van der Waals surface area contributed by atoms with Gasteiger partial charge in [-0.1, -0.05) is 35.3 Å². The van der Waals surface area contributed by atoms with Gasteiger partial charge in [0.2, 0.25) is 5.91 Å². The Morgan fingerprint density at radius 2 is 1.67 bits per heavy atom. The summed E-state index contributed by atoms with van der Waals surface area (Å²) in [5.41, 5.74) is 4.96. The fourth-order valence-corrected chi connectivity index (χ4v) is 7.21. The van der Waals surface area contributed by atoms with E-state index in [1.807, 2.05) is 17.0 Å². The predicted octanol–water partition coefficient (Wildman–Crippen LogP) is 6.75. The number of imidazole rings is 1. The van der Waals surface area contributed by atoms with Crippen molar-refractivity contribution in [2.45, 2.75) is 57.2 Å². The first-order chi connectivity index (χ1) is 20.1. The number of benzene rings is 2. The fraction of sp³-hybridized carbons (Fsp3) is 0.452. The van der Waals surface area contributed by atoms with Gasteiger partial charge in [0, 0.05) is 59.3 Å². The Balaban J connectivity index is 1.09. The average Bonchev–Trinajstić information content (AvgIpc) is 3.60. The van der Waals surface area contributed by atoms with Gasteiger partial charge in [-0.25, -0.2) is 4.98 Å². The molecule has 2 fully saturated rings. The lowest BCUT2D eigenvalue weighted by molar-refractivity contribution is -0.183. The molecule has 222 valence electrons. The highest BCUT2D eigenvalue weighted by atomic mass is 35.5. The summed E-state index contributed by atoms with van der Waals surface area (Å²) in [7, 11) is 0. The highest BCUT2D eigenvalue weighted by molar-refractivity contribution is 6.36. The van der Waals surface area contributed by atoms with Gasteiger partial charge in [-0.2, -0.15) is 13.2 Å². The number of hydrogen-bond acceptors (Lipinski definition) is 3. The van der Waals surface area contributed by atoms with E-state index in [0.717, 1.165) is 60.3 Å². The maximum absolute atomic E-state index is 13.4. The van der Waals surface area contributed by atoms with E-state index in [0.29, 0.717) is 22.0 Å². The number of rotatable bonds is 5. The molecule has 6 nitrogen and oxygen atoms in total. The number of likely N-dealkylation sites (tertiary alicyclic amines) is 2. The Morgan fingerprint density at radius 3 is 2.33 bits per heavy atom. The number of alkyl halides is 3. The van der Waals surface area contributed by atoms with Crippen LogP contribution in [0.2, 0.25) is 10.0 Å². The molecular formula is C31H31Cl2F3N4O2. The molecule has 42 heavy (non-hydrogen) atoms. The highest BCUT2D eigenvalue weighted by Crippen LogP contribution is 2.37. The standard InChI is InChI=1S/C31H31Cl2F3N4O2/c32-25-14-21(18-1-3-19(4-2-18)29(41)39-10-8-22(9-11-39)31(34,35)36)15-26(33)24(25)13-20-7-12-40(30(20)42)23-5-6-27-28(16-23)38-17-37-27/h1-4,14-15,17,20,22-23H,5-13,16H2,(H,37,38). The maximum Gasteiger partial charge on any atom is 0.391 e. The zero-order valence-corrected chi connectivity index (χ0v) is 24.4. The van der Waals surface area contributed by atoms with Crippen LogP contribution in [0, 0.1) is 11.8 Å². The van der Waals surface area contributed by atoms with E-state index in [2.05, 4.69) is 9.97 Å². The number of fused-ring (bicyclic) bond motifs is 1. The van der Waals surface area contributed by atoms with Crippen molar-refractivity contribution in [1.29, 1.82) is 0 Å². The number of H-pyrrole nitrogens is 1. The van der Waals surface area contributed by atoms with Gasteiger partial charge in [-0.3, -0.25) is 9.59 Å². The van der Waals surface area contributed by atoms with Crippen molar-refractivity contribution in [1.82, 2.24) is 19.8 Å². The molecule has 2 aliphatic heterocycles. The number of aromatic amines is 1. The molecule has 1 N–H and O–H groups in total. The van der Waals surface area contributed by atoms with Crippen molar-refractivity contribution in [2.24, 2.45) is 11.8 Å². The minimum atomic E-state index is -4.22. The Kier molecular flexibility index (Phi) is 8.00. The molecule has 2 saturated heterocycles. The molecular weight excluding hydrogens is 588 g/mol. The third kappa shape index (κ3) is 5.78. The molecule has 11 heteroatoms. The lowest BCUT2D eigenvalue weighted by Gasteiger charge is -2.33. The van der Waals surface area contributed by atoms with E-state index in [4.69, 9.17) is 23.2 Å². The van der Waals surface area contributed by atoms with Gasteiger partial charge < -0.3 is 14.8 Å². The van der Waals surface area contributed by atoms with E-state index in [1.54, 1.807) is 30.6 Å². The van der Waals surface area contributed by atoms with Crippen LogP contribution in [0.25, 0.3) is 11.1 Å². The Bertz CT molecular complexity index is 1460. The van der Waals surface area contributed by atoms with Crippen LogP contribution in [-0.4, -0.2) is 63.4 Å². The quantitative estimate of drug-likeness (QED) is 0.344. The summed E-state index contributed by atoms with van der Waals surface area (Å²) in [4.78, 5) is 37.3. The molecule has 0 spiro atoms. The number of carbonyl (C=O) groups is 2. The predicted molar refractivity (Wildman–Crippen MR) is 155 cm³/mol. The average molecular weight is 620 g/mol. The fourth-order valence-electron chi connectivity index (χ4n) is 6.57. The number of nitrogens with one attached hydrogen (secondary N) is 1. The summed E-state index contributed by atoms with van der Waals surface area (Å²) >= 11 is 13.4. The van der Waals surface area contributed by atoms with E-state index in [-0.39, 0.29) is 49.7 Å². The second-order valence-corrected chi connectivity index (χ2v) is 12.4. The molecule has 2 aromatic carbocycles. The summed E-state index contributed by atoms with van der Waals surface area (Å²) in [6.07, 6.45) is 1.14. The second kappa shape index (κ2) is 11.6. The summed E-state index contributed by atoms with van der Waals surface area (Å²) in [5.74, 6) is -1.67. The molecule has 6 rings (SSSR count). The maximum atomic E-state index is 13.4. The monoisotopic (exact) mass is 618 g/mol. The normalized spacial score (nSPS) is 21.6. The first-order valence-corrected chi connectivity index (χ1v) is 15.1. The molecule has 3 aromatic rings. The van der Waals surface area contributed by atoms with Crippen molar-refractivity contribution < 1.29 is 22.8 Å². The number of aryl methyl sites for hydroxylation is 1. The van der Waals surface area contributed by atoms with Gasteiger partial charge in [0.05, 0.1) is 17.9 Å². The van der Waals surface area contributed by atoms with Crippen LogP contribution >= 0.6 is 23.2 Å². The van der Waals surface area contributed by atoms with Crippen LogP contribution in [0.3, 0.4) is 0 Å². The van der Waals surface area contributed by atoms with Crippen LogP contribution in [0.5, 0.6) is 0 Å². The molecule has 0 bridgehead atoms. The highest BCUT2D eigenvalue weighted by Gasteiger charge is 2.42. The van der Waals surface area contributed by atoms with E-state index >= 15 is 0 Å². The van der Waals surface area contributed by atoms with Crippen LogP contribution < -0.4 is 0 Å². The number of amides is 2. The van der Waals surface area contributed by atoms with Crippen molar-refractivity contribution >= 4 is 35.0 Å². The van der Waals surface area contributed by atoms with Crippen LogP contribution in [-0.2, 0) is 24.1 Å². The Labute approximate surface area is 252 Å². The molecule has 3 heterocycles. The molecule has 0 saturated carbocycles. The minimum Gasteiger partial charge on any atom is -0.348 e. The minimum absolute atomic E-state index is 0.0756. The number of nitrogens with zero attached hydrogens (tertiary/aromatic N) is 3. The Morgan fingerprint density at radius 1 is 0.976 bits per heavy atom. The van der Waals surface area contributed by atoms with Crippen molar-refractivity contribution in [3.63, 3.8) is 0 Å². The lowest BCUT2D eigenvalue weighted by atomic mass is 9.94. The number of aromatic nitrogens is 2. The largest absolute Gasteiger partial charge is 0.391 e. The van der Waals surface area contributed by atoms with Gasteiger partial charge in [0.15, 0.2) is 0 Å². The van der Waals surface area contributed by atoms with Gasteiger partial charge >= 0.3 is 6.18 Å². The lowest BCUT2D eigenvalue weighted by Crippen LogP contribution is -2.42. The van der Waals surface area contributed by atoms with Crippen LogP contribution in [0.1, 0.15) is 53.0 Å². The van der Waals surface area contributed by atoms with Crippen LogP contribution in [0.15, 0.2) is 42.7 Å². The zero-order valence-electron chi connectivity index (χ0n) is 22.9. The molecule has 1 aromatic heterocycles. The third-order valence-corrected chi connectivity index (χ3v) is 9.73. The van der Waals surface area contributed by atoms with Crippen molar-refractivity contribution in [3.05, 3.63) is 75.3 Å². The smallest absolute Gasteiger partial charge is 0.348 e. The first kappa shape index (κ1) is 29.1. The van der Waals surface area contributed by atoms with E-state index in [9.17, 15) is 22.8 Å². The number of halogens is 5. The molecule has 3 aliphatic rings. The Hall–Kier alpha value is -3.04. The molecule has 2 amide bonds. The number of piperidine rings is 1. The van der Waals surface area contributed by atoms with E-state index < -0.39 is 12.1 Å². The molecule has 1 aliphatic carbocycles. The molecule has 0 radical (unpaired) electrons. The van der Waals surface area contributed by atoms with Gasteiger partial charge in [-0.05, 0) is 79.5 Å². The topological polar surface area (TPSA) is 69.3 Å². The van der Waals surface area contributed by atoms with Gasteiger partial charge in [-0.15, -0.1) is 0 Å². The van der Waals surface area contributed by atoms with E-state index in [1.165, 1.54) is 4.90 Å². The summed E-state index contributed by atoms with van der Waals surface area (Å²) in [5, 5.41) is 0.965. The number of carbonyl (C=O) groups excluding carboxylic acids is 2. The van der Waals surface area contributed by atoms with Gasteiger partial charge in [0.25, 0.3) is 5.91 Å². The second-order valence-electron chi connectivity index (χ2n) is 11.5. The zero-order chi connectivity index (χ0) is 29.6. The molecule has 2 unspecified atom stereocenters. The summed E-state index contributed by atoms with van der Waals surface area (Å²) < 4.78 is 38.9. The van der Waals surface area contributed by atoms with Gasteiger partial charge in [0.1, 0.15) is 0 Å². The summed E-state index contributed by atoms with van der Waals surface area (Å²) in [6.45, 7) is 0.894. The van der Waals surface area contributed by atoms with Crippen molar-refractivity contribution in [2.75, 3.05) is 19.6 Å². The summed E-state index contributed by atoms with van der Waals surface area (Å²) in [6, 6.07) is 10.7. The first-order valence-electron chi connectivity index (χ1n) is 14.3. The molecule has 2 atom stereocenters. The van der Waals surface area contributed by atoms with Crippen molar-refractivity contribution in [3.8, 4) is 11.1 Å². The van der Waals surface area contributed by atoms with Crippen LogP contribution in [0.4, 0.5) is 13.2 Å². The third-order valence-electron chi connectivity index (χ3n) is 9.06. The SMILES string of the molecule is O=C(c1ccc(-c2cc(Cl)c(CC3CCN(C4CCc5nc[nH]c5C4)C3=O)c(Cl)c2)cc1)N1CCC(C(F)(F)F)CC1. The number of hydrogen-bond donors (Lipinski definition) is 1.